The topological polar surface area (TPSA) is 92.9 Å². The number of benzene rings is 1. The highest BCUT2D eigenvalue weighted by Gasteiger charge is 2.31. The van der Waals surface area contributed by atoms with Crippen LogP contribution in [0.5, 0.6) is 0 Å². The summed E-state index contributed by atoms with van der Waals surface area (Å²) in [5, 5.41) is 0. The number of sulfonamides is 1. The van der Waals surface area contributed by atoms with E-state index >= 15 is 0 Å². The first kappa shape index (κ1) is 19.9. The Kier molecular flexibility index (Phi) is 7.43. The van der Waals surface area contributed by atoms with E-state index in [1.165, 1.54) is 11.4 Å². The molecule has 2 N–H and O–H groups in total. The normalized spacial score (nSPS) is 17.4. The van der Waals surface area contributed by atoms with Crippen LogP contribution in [-0.4, -0.2) is 69.5 Å². The van der Waals surface area contributed by atoms with Crippen LogP contribution in [0.15, 0.2) is 35.2 Å². The van der Waals surface area contributed by atoms with E-state index in [0.717, 1.165) is 0 Å². The number of rotatable bonds is 5. The Morgan fingerprint density at radius 1 is 1.22 bits per heavy atom. The Morgan fingerprint density at radius 2 is 1.78 bits per heavy atom. The highest BCUT2D eigenvalue weighted by molar-refractivity contribution is 7.89. The standard InChI is InChI=1S/C14H21N3O4S.ClH/c1-21-11-13(15)14(18)16-7-9-17(10-8-16)22(19,20)12-5-3-2-4-6-12;/h2-6,13H,7-11,15H2,1H3;1H. The number of hydrogen-bond acceptors (Lipinski definition) is 5. The van der Waals surface area contributed by atoms with Crippen molar-refractivity contribution in [3.05, 3.63) is 30.3 Å². The van der Waals surface area contributed by atoms with Crippen LogP contribution in [-0.2, 0) is 19.6 Å². The van der Waals surface area contributed by atoms with Crippen molar-refractivity contribution in [2.75, 3.05) is 39.9 Å². The Morgan fingerprint density at radius 3 is 2.30 bits per heavy atom. The van der Waals surface area contributed by atoms with E-state index < -0.39 is 16.1 Å². The third-order valence-corrected chi connectivity index (χ3v) is 5.51. The number of carbonyl (C=O) groups is 1. The number of hydrogen-bond donors (Lipinski definition) is 1. The maximum Gasteiger partial charge on any atom is 0.243 e. The highest BCUT2D eigenvalue weighted by Crippen LogP contribution is 2.17. The summed E-state index contributed by atoms with van der Waals surface area (Å²) in [6.45, 7) is 1.36. The van der Waals surface area contributed by atoms with Gasteiger partial charge >= 0.3 is 0 Å². The van der Waals surface area contributed by atoms with Gasteiger partial charge in [-0.25, -0.2) is 8.42 Å². The lowest BCUT2D eigenvalue weighted by atomic mass is 10.2. The van der Waals surface area contributed by atoms with Crippen molar-refractivity contribution in [2.45, 2.75) is 10.9 Å². The van der Waals surface area contributed by atoms with Gasteiger partial charge in [0, 0.05) is 33.3 Å². The summed E-state index contributed by atoms with van der Waals surface area (Å²) in [6, 6.07) is 7.59. The molecule has 1 heterocycles. The van der Waals surface area contributed by atoms with E-state index in [2.05, 4.69) is 0 Å². The van der Waals surface area contributed by atoms with Crippen LogP contribution in [0.3, 0.4) is 0 Å². The number of methoxy groups -OCH3 is 1. The van der Waals surface area contributed by atoms with E-state index in [9.17, 15) is 13.2 Å². The predicted octanol–water partition coefficient (Wildman–Crippen LogP) is -0.0850. The number of halogens is 1. The second-order valence-electron chi connectivity index (χ2n) is 5.10. The molecule has 1 aromatic carbocycles. The van der Waals surface area contributed by atoms with Crippen molar-refractivity contribution in [3.8, 4) is 0 Å². The molecule has 2 rings (SSSR count). The van der Waals surface area contributed by atoms with Gasteiger partial charge in [-0.2, -0.15) is 4.31 Å². The second kappa shape index (κ2) is 8.60. The smallest absolute Gasteiger partial charge is 0.243 e. The molecule has 1 atom stereocenters. The van der Waals surface area contributed by atoms with Crippen LogP contribution < -0.4 is 5.73 Å². The molecule has 0 saturated carbocycles. The van der Waals surface area contributed by atoms with Crippen LogP contribution in [0.1, 0.15) is 0 Å². The van der Waals surface area contributed by atoms with Crippen molar-refractivity contribution in [1.29, 1.82) is 0 Å². The maximum atomic E-state index is 12.5. The zero-order chi connectivity index (χ0) is 16.2. The molecule has 130 valence electrons. The molecule has 0 bridgehead atoms. The van der Waals surface area contributed by atoms with Crippen molar-refractivity contribution >= 4 is 28.3 Å². The summed E-state index contributed by atoms with van der Waals surface area (Å²) in [7, 11) is -2.02. The molecule has 0 spiro atoms. The fourth-order valence-corrected chi connectivity index (χ4v) is 3.82. The summed E-state index contributed by atoms with van der Waals surface area (Å²) in [4.78, 5) is 13.9. The van der Waals surface area contributed by atoms with E-state index in [0.29, 0.717) is 13.1 Å². The Labute approximate surface area is 142 Å². The average Bonchev–Trinajstić information content (AvgIpc) is 2.55. The van der Waals surface area contributed by atoms with Crippen molar-refractivity contribution in [1.82, 2.24) is 9.21 Å². The number of nitrogens with two attached hydrogens (primary N) is 1. The zero-order valence-corrected chi connectivity index (χ0v) is 14.6. The summed E-state index contributed by atoms with van der Waals surface area (Å²) in [5.74, 6) is -0.210. The van der Waals surface area contributed by atoms with E-state index in [1.807, 2.05) is 0 Å². The fourth-order valence-electron chi connectivity index (χ4n) is 2.38. The number of amides is 1. The maximum absolute atomic E-state index is 12.5. The molecule has 0 aromatic heterocycles. The molecule has 1 saturated heterocycles. The lowest BCUT2D eigenvalue weighted by Crippen LogP contribution is -2.55. The molecule has 1 aliphatic rings. The fraction of sp³-hybridized carbons (Fsp3) is 0.500. The highest BCUT2D eigenvalue weighted by atomic mass is 35.5. The minimum absolute atomic E-state index is 0. The Balaban J connectivity index is 0.00000264. The van der Waals surface area contributed by atoms with Gasteiger partial charge in [0.05, 0.1) is 11.5 Å². The molecule has 1 aromatic rings. The van der Waals surface area contributed by atoms with E-state index in [1.54, 1.807) is 35.2 Å². The Bertz CT molecular complexity index is 604. The first-order chi connectivity index (χ1) is 10.5. The molecule has 1 aliphatic heterocycles. The minimum Gasteiger partial charge on any atom is -0.383 e. The lowest BCUT2D eigenvalue weighted by Gasteiger charge is -2.35. The first-order valence-electron chi connectivity index (χ1n) is 7.05. The van der Waals surface area contributed by atoms with Crippen LogP contribution >= 0.6 is 12.4 Å². The number of nitrogens with zero attached hydrogens (tertiary/aromatic N) is 2. The van der Waals surface area contributed by atoms with E-state index in [4.69, 9.17) is 10.5 Å². The molecule has 1 fully saturated rings. The van der Waals surface area contributed by atoms with Gasteiger partial charge in [-0.3, -0.25) is 4.79 Å². The molecule has 0 radical (unpaired) electrons. The number of carbonyl (C=O) groups excluding carboxylic acids is 1. The SMILES string of the molecule is COCC(N)C(=O)N1CCN(S(=O)(=O)c2ccccc2)CC1.Cl. The third kappa shape index (κ3) is 4.65. The Hall–Kier alpha value is -1.19. The van der Waals surface area contributed by atoms with Gasteiger partial charge in [-0.05, 0) is 12.1 Å². The van der Waals surface area contributed by atoms with Gasteiger partial charge < -0.3 is 15.4 Å². The predicted molar refractivity (Wildman–Crippen MR) is 88.9 cm³/mol. The van der Waals surface area contributed by atoms with Crippen molar-refractivity contribution < 1.29 is 17.9 Å². The average molecular weight is 364 g/mol. The molecule has 0 aliphatic carbocycles. The molecule has 1 unspecified atom stereocenters. The minimum atomic E-state index is -3.50. The number of ether oxygens (including phenoxy) is 1. The molecule has 9 heteroatoms. The van der Waals surface area contributed by atoms with Gasteiger partial charge in [-0.15, -0.1) is 12.4 Å². The summed E-state index contributed by atoms with van der Waals surface area (Å²) in [5.41, 5.74) is 5.72. The molecule has 1 amide bonds. The monoisotopic (exact) mass is 363 g/mol. The quantitative estimate of drug-likeness (QED) is 0.789. The lowest BCUT2D eigenvalue weighted by molar-refractivity contribution is -0.134. The van der Waals surface area contributed by atoms with Crippen LogP contribution in [0.25, 0.3) is 0 Å². The zero-order valence-electron chi connectivity index (χ0n) is 12.9. The van der Waals surface area contributed by atoms with Crippen molar-refractivity contribution in [2.24, 2.45) is 5.73 Å². The molecule has 23 heavy (non-hydrogen) atoms. The molecular formula is C14H22ClN3O4S. The first-order valence-corrected chi connectivity index (χ1v) is 8.49. The van der Waals surface area contributed by atoms with Gasteiger partial charge in [-0.1, -0.05) is 18.2 Å². The largest absolute Gasteiger partial charge is 0.383 e. The van der Waals surface area contributed by atoms with Crippen LogP contribution in [0, 0.1) is 0 Å². The van der Waals surface area contributed by atoms with Crippen LogP contribution in [0.4, 0.5) is 0 Å². The van der Waals surface area contributed by atoms with Gasteiger partial charge in [0.15, 0.2) is 0 Å². The van der Waals surface area contributed by atoms with Gasteiger partial charge in [0.2, 0.25) is 15.9 Å². The summed E-state index contributed by atoms with van der Waals surface area (Å²) < 4.78 is 31.2. The third-order valence-electron chi connectivity index (χ3n) is 3.59. The van der Waals surface area contributed by atoms with Crippen LogP contribution in [0.2, 0.25) is 0 Å². The van der Waals surface area contributed by atoms with Gasteiger partial charge in [0.25, 0.3) is 0 Å². The molecular weight excluding hydrogens is 342 g/mol. The molecule has 7 nitrogen and oxygen atoms in total. The van der Waals surface area contributed by atoms with E-state index in [-0.39, 0.29) is 42.9 Å². The number of piperazine rings is 1. The summed E-state index contributed by atoms with van der Waals surface area (Å²) >= 11 is 0. The summed E-state index contributed by atoms with van der Waals surface area (Å²) in [6.07, 6.45) is 0. The second-order valence-corrected chi connectivity index (χ2v) is 7.04. The van der Waals surface area contributed by atoms with Gasteiger partial charge in [0.1, 0.15) is 6.04 Å². The van der Waals surface area contributed by atoms with Crippen molar-refractivity contribution in [3.63, 3.8) is 0 Å².